The molecule has 1 aromatic carbocycles. The summed E-state index contributed by atoms with van der Waals surface area (Å²) in [5.41, 5.74) is 1.41. The molecule has 1 aliphatic carbocycles. The van der Waals surface area contributed by atoms with Crippen molar-refractivity contribution in [2.24, 2.45) is 5.92 Å². The van der Waals surface area contributed by atoms with E-state index in [2.05, 4.69) is 50.0 Å². The number of hydrogen-bond donors (Lipinski definition) is 0. The van der Waals surface area contributed by atoms with E-state index >= 15 is 0 Å². The van der Waals surface area contributed by atoms with Crippen molar-refractivity contribution < 1.29 is 4.79 Å². The number of aromatic nitrogens is 3. The molecule has 2 saturated heterocycles. The highest BCUT2D eigenvalue weighted by Gasteiger charge is 2.33. The lowest BCUT2D eigenvalue weighted by atomic mass is 9.90. The van der Waals surface area contributed by atoms with Gasteiger partial charge in [0.2, 0.25) is 11.9 Å². The summed E-state index contributed by atoms with van der Waals surface area (Å²) in [7, 11) is 0. The molecule has 3 fully saturated rings. The number of carbonyl (C=O) groups excluding carboxylic acids is 1. The van der Waals surface area contributed by atoms with Gasteiger partial charge in [-0.3, -0.25) is 9.36 Å². The van der Waals surface area contributed by atoms with Crippen LogP contribution in [0.15, 0.2) is 35.5 Å². The first-order chi connectivity index (χ1) is 14.8. The Morgan fingerprint density at radius 1 is 0.967 bits per heavy atom. The number of anilines is 1. The maximum absolute atomic E-state index is 12.8. The third-order valence-corrected chi connectivity index (χ3v) is 7.53. The minimum Gasteiger partial charge on any atom is -0.342 e. The van der Waals surface area contributed by atoms with Crippen LogP contribution < -0.4 is 4.90 Å². The first-order valence-electron chi connectivity index (χ1n) is 11.4. The van der Waals surface area contributed by atoms with Crippen LogP contribution in [-0.4, -0.2) is 57.5 Å². The van der Waals surface area contributed by atoms with Gasteiger partial charge in [0.25, 0.3) is 0 Å². The van der Waals surface area contributed by atoms with Crippen molar-refractivity contribution in [3.63, 3.8) is 0 Å². The average molecular weight is 426 g/mol. The molecule has 3 aliphatic rings. The normalized spacial score (nSPS) is 20.1. The molecule has 0 spiro atoms. The molecule has 1 aromatic heterocycles. The van der Waals surface area contributed by atoms with Gasteiger partial charge in [-0.2, -0.15) is 0 Å². The van der Waals surface area contributed by atoms with Crippen LogP contribution in [-0.2, 0) is 11.2 Å². The second-order valence-corrected chi connectivity index (χ2v) is 9.82. The number of hydrogen-bond acceptors (Lipinski definition) is 5. The lowest BCUT2D eigenvalue weighted by Crippen LogP contribution is -2.39. The number of likely N-dealkylation sites (tertiary alicyclic amines) is 1. The summed E-state index contributed by atoms with van der Waals surface area (Å²) in [4.78, 5) is 17.2. The predicted molar refractivity (Wildman–Crippen MR) is 120 cm³/mol. The molecule has 1 amide bonds. The predicted octanol–water partition coefficient (Wildman–Crippen LogP) is 3.79. The Morgan fingerprint density at radius 3 is 2.40 bits per heavy atom. The van der Waals surface area contributed by atoms with Crippen LogP contribution in [0.3, 0.4) is 0 Å². The van der Waals surface area contributed by atoms with Gasteiger partial charge in [-0.05, 0) is 56.4 Å². The monoisotopic (exact) mass is 425 g/mol. The third-order valence-electron chi connectivity index (χ3n) is 6.61. The topological polar surface area (TPSA) is 54.3 Å². The number of piperidine rings is 1. The Morgan fingerprint density at radius 2 is 1.70 bits per heavy atom. The second kappa shape index (κ2) is 9.00. The SMILES string of the molecule is O=C(CSc1nnc(N2CCCC2)n1C1CC1)N1CCC(Cc2ccccc2)CC1. The third kappa shape index (κ3) is 4.51. The molecule has 7 heteroatoms. The van der Waals surface area contributed by atoms with E-state index in [1.807, 2.05) is 4.90 Å². The smallest absolute Gasteiger partial charge is 0.233 e. The molecule has 5 rings (SSSR count). The Labute approximate surface area is 183 Å². The number of nitrogens with zero attached hydrogens (tertiary/aromatic N) is 5. The molecule has 2 aromatic rings. The Kier molecular flexibility index (Phi) is 5.97. The fraction of sp³-hybridized carbons (Fsp3) is 0.609. The van der Waals surface area contributed by atoms with Crippen LogP contribution in [0.5, 0.6) is 0 Å². The fourth-order valence-electron chi connectivity index (χ4n) is 4.70. The molecule has 0 atom stereocenters. The van der Waals surface area contributed by atoms with Crippen molar-refractivity contribution >= 4 is 23.6 Å². The van der Waals surface area contributed by atoms with Crippen LogP contribution in [0.25, 0.3) is 0 Å². The van der Waals surface area contributed by atoms with E-state index in [9.17, 15) is 4.79 Å². The van der Waals surface area contributed by atoms with Crippen molar-refractivity contribution in [1.82, 2.24) is 19.7 Å². The number of thioether (sulfide) groups is 1. The zero-order valence-corrected chi connectivity index (χ0v) is 18.4. The van der Waals surface area contributed by atoms with Crippen LogP contribution in [0, 0.1) is 5.92 Å². The van der Waals surface area contributed by atoms with Gasteiger partial charge in [0, 0.05) is 32.2 Å². The van der Waals surface area contributed by atoms with E-state index in [1.54, 1.807) is 11.8 Å². The number of amides is 1. The Hall–Kier alpha value is -2.02. The molecule has 0 radical (unpaired) electrons. The summed E-state index contributed by atoms with van der Waals surface area (Å²) in [5.74, 6) is 2.41. The van der Waals surface area contributed by atoms with Gasteiger partial charge in [-0.15, -0.1) is 10.2 Å². The van der Waals surface area contributed by atoms with Gasteiger partial charge in [-0.25, -0.2) is 0 Å². The second-order valence-electron chi connectivity index (χ2n) is 8.88. The minimum atomic E-state index is 0.242. The summed E-state index contributed by atoms with van der Waals surface area (Å²) in [6, 6.07) is 11.2. The molecule has 0 unspecified atom stereocenters. The van der Waals surface area contributed by atoms with Gasteiger partial charge in [0.1, 0.15) is 0 Å². The molecule has 30 heavy (non-hydrogen) atoms. The molecule has 2 aliphatic heterocycles. The van der Waals surface area contributed by atoms with E-state index in [4.69, 9.17) is 0 Å². The molecule has 0 bridgehead atoms. The molecule has 160 valence electrons. The summed E-state index contributed by atoms with van der Waals surface area (Å²) >= 11 is 1.57. The Balaban J connectivity index is 1.14. The first-order valence-corrected chi connectivity index (χ1v) is 12.4. The quantitative estimate of drug-likeness (QED) is 0.632. The number of carbonyl (C=O) groups is 1. The maximum Gasteiger partial charge on any atom is 0.233 e. The highest BCUT2D eigenvalue weighted by atomic mass is 32.2. The van der Waals surface area contributed by atoms with Crippen molar-refractivity contribution in [2.45, 2.75) is 56.1 Å². The molecular formula is C23H31N5OS. The van der Waals surface area contributed by atoms with E-state index in [1.165, 1.54) is 31.2 Å². The largest absolute Gasteiger partial charge is 0.342 e. The molecule has 1 saturated carbocycles. The summed E-state index contributed by atoms with van der Waals surface area (Å²) in [6.45, 7) is 3.91. The van der Waals surface area contributed by atoms with Crippen molar-refractivity contribution in [3.05, 3.63) is 35.9 Å². The summed E-state index contributed by atoms with van der Waals surface area (Å²) in [5, 5.41) is 9.88. The van der Waals surface area contributed by atoms with E-state index in [0.29, 0.717) is 17.7 Å². The zero-order valence-electron chi connectivity index (χ0n) is 17.6. The van der Waals surface area contributed by atoms with Gasteiger partial charge in [0.05, 0.1) is 5.75 Å². The Bertz CT molecular complexity index is 852. The van der Waals surface area contributed by atoms with Gasteiger partial charge < -0.3 is 9.80 Å². The van der Waals surface area contributed by atoms with E-state index in [0.717, 1.165) is 56.5 Å². The van der Waals surface area contributed by atoms with Crippen LogP contribution in [0.2, 0.25) is 0 Å². The molecule has 6 nitrogen and oxygen atoms in total. The van der Waals surface area contributed by atoms with Crippen LogP contribution in [0.1, 0.15) is 50.1 Å². The molecule has 3 heterocycles. The molecule has 0 N–H and O–H groups in total. The highest BCUT2D eigenvalue weighted by molar-refractivity contribution is 7.99. The fourth-order valence-corrected chi connectivity index (χ4v) is 5.61. The van der Waals surface area contributed by atoms with Crippen molar-refractivity contribution in [1.29, 1.82) is 0 Å². The van der Waals surface area contributed by atoms with Crippen molar-refractivity contribution in [2.75, 3.05) is 36.8 Å². The average Bonchev–Trinajstić information content (AvgIpc) is 3.30. The summed E-state index contributed by atoms with van der Waals surface area (Å²) in [6.07, 6.45) is 8.20. The zero-order chi connectivity index (χ0) is 20.3. The van der Waals surface area contributed by atoms with E-state index < -0.39 is 0 Å². The maximum atomic E-state index is 12.8. The van der Waals surface area contributed by atoms with Gasteiger partial charge >= 0.3 is 0 Å². The lowest BCUT2D eigenvalue weighted by Gasteiger charge is -2.32. The van der Waals surface area contributed by atoms with Crippen LogP contribution in [0.4, 0.5) is 5.95 Å². The van der Waals surface area contributed by atoms with Gasteiger partial charge in [-0.1, -0.05) is 42.1 Å². The molecular weight excluding hydrogens is 394 g/mol. The standard InChI is InChI=1S/C23H31N5OS/c29-21(26-14-10-19(11-15-26)16-18-6-2-1-3-7-18)17-30-23-25-24-22(27-12-4-5-13-27)28(23)20-8-9-20/h1-3,6-7,19-20H,4-5,8-17H2. The highest BCUT2D eigenvalue weighted by Crippen LogP contribution is 2.41. The van der Waals surface area contributed by atoms with Crippen molar-refractivity contribution in [3.8, 4) is 0 Å². The minimum absolute atomic E-state index is 0.242. The van der Waals surface area contributed by atoms with Crippen LogP contribution >= 0.6 is 11.8 Å². The number of rotatable bonds is 7. The lowest BCUT2D eigenvalue weighted by molar-refractivity contribution is -0.129. The summed E-state index contributed by atoms with van der Waals surface area (Å²) < 4.78 is 2.30. The van der Waals surface area contributed by atoms with E-state index in [-0.39, 0.29) is 5.91 Å². The first kappa shape index (κ1) is 19.9. The van der Waals surface area contributed by atoms with Gasteiger partial charge in [0.15, 0.2) is 5.16 Å². The number of benzene rings is 1.